The van der Waals surface area contributed by atoms with Crippen molar-refractivity contribution in [2.75, 3.05) is 0 Å². The zero-order chi connectivity index (χ0) is 19.2. The molecule has 0 saturated carbocycles. The highest BCUT2D eigenvalue weighted by Crippen LogP contribution is 2.29. The predicted molar refractivity (Wildman–Crippen MR) is 108 cm³/mol. The van der Waals surface area contributed by atoms with Crippen LogP contribution in [0.3, 0.4) is 0 Å². The zero-order valence-corrected chi connectivity index (χ0v) is 16.5. The first-order valence-electron chi connectivity index (χ1n) is 8.12. The van der Waals surface area contributed by atoms with Crippen LogP contribution in [0.4, 0.5) is 0 Å². The van der Waals surface area contributed by atoms with Crippen molar-refractivity contribution in [1.82, 2.24) is 10.6 Å². The van der Waals surface area contributed by atoms with E-state index in [0.717, 1.165) is 20.9 Å². The molecule has 140 valence electrons. The van der Waals surface area contributed by atoms with Gasteiger partial charge in [0.05, 0.1) is 6.54 Å². The molecule has 0 aliphatic rings. The van der Waals surface area contributed by atoms with Gasteiger partial charge in [0.1, 0.15) is 6.10 Å². The molecule has 5 nitrogen and oxygen atoms in total. The lowest BCUT2D eigenvalue weighted by Crippen LogP contribution is -2.39. The van der Waals surface area contributed by atoms with E-state index in [1.165, 1.54) is 22.7 Å². The second-order valence-corrected chi connectivity index (χ2v) is 8.17. The molecule has 3 N–H and O–H groups in total. The standard InChI is InChI=1S/C19H17ClN2O3S2/c20-14-3-1-12(2-4-14)9-21-18(24)19(25)22-10-15-5-6-16(27-15)17(23)13-7-8-26-11-13/h1-8,11,17,23H,9-10H2,(H,21,24)(H,22,25). The molecule has 1 unspecified atom stereocenters. The average molecular weight is 421 g/mol. The van der Waals surface area contributed by atoms with Crippen LogP contribution in [0.15, 0.2) is 53.2 Å². The summed E-state index contributed by atoms with van der Waals surface area (Å²) in [5.41, 5.74) is 1.70. The Hall–Kier alpha value is -2.19. The number of rotatable bonds is 6. The van der Waals surface area contributed by atoms with Crippen LogP contribution >= 0.6 is 34.3 Å². The van der Waals surface area contributed by atoms with Crippen LogP contribution in [-0.2, 0) is 22.7 Å². The van der Waals surface area contributed by atoms with Gasteiger partial charge in [-0.2, -0.15) is 11.3 Å². The van der Waals surface area contributed by atoms with E-state index in [0.29, 0.717) is 5.02 Å². The van der Waals surface area contributed by atoms with Crippen LogP contribution in [0.2, 0.25) is 5.02 Å². The summed E-state index contributed by atoms with van der Waals surface area (Å²) in [6.07, 6.45) is -0.673. The first kappa shape index (κ1) is 19.6. The molecule has 1 aromatic carbocycles. The quantitative estimate of drug-likeness (QED) is 0.534. The first-order chi connectivity index (χ1) is 13.0. The van der Waals surface area contributed by atoms with Gasteiger partial charge in [-0.05, 0) is 52.2 Å². The molecule has 0 radical (unpaired) electrons. The van der Waals surface area contributed by atoms with Crippen molar-refractivity contribution in [2.45, 2.75) is 19.2 Å². The van der Waals surface area contributed by atoms with Gasteiger partial charge in [0.2, 0.25) is 0 Å². The van der Waals surface area contributed by atoms with E-state index in [4.69, 9.17) is 11.6 Å². The first-order valence-corrected chi connectivity index (χ1v) is 10.3. The number of thiophene rings is 2. The molecule has 0 bridgehead atoms. The summed E-state index contributed by atoms with van der Waals surface area (Å²) in [6, 6.07) is 12.6. The molecule has 27 heavy (non-hydrogen) atoms. The van der Waals surface area contributed by atoms with Gasteiger partial charge in [-0.3, -0.25) is 9.59 Å². The Bertz CT molecular complexity index is 907. The highest BCUT2D eigenvalue weighted by atomic mass is 35.5. The smallest absolute Gasteiger partial charge is 0.309 e. The molecule has 2 amide bonds. The number of aliphatic hydroxyl groups excluding tert-OH is 1. The van der Waals surface area contributed by atoms with Crippen LogP contribution in [0, 0.1) is 0 Å². The minimum absolute atomic E-state index is 0.230. The van der Waals surface area contributed by atoms with E-state index in [-0.39, 0.29) is 13.1 Å². The normalized spacial score (nSPS) is 11.8. The van der Waals surface area contributed by atoms with Gasteiger partial charge in [-0.25, -0.2) is 0 Å². The Kier molecular flexibility index (Phi) is 6.63. The number of benzene rings is 1. The number of nitrogens with one attached hydrogen (secondary N) is 2. The Balaban J connectivity index is 1.47. The van der Waals surface area contributed by atoms with Gasteiger partial charge in [0.25, 0.3) is 0 Å². The van der Waals surface area contributed by atoms with Gasteiger partial charge in [0, 0.05) is 21.3 Å². The van der Waals surface area contributed by atoms with E-state index < -0.39 is 17.9 Å². The number of amides is 2. The highest BCUT2D eigenvalue weighted by molar-refractivity contribution is 7.12. The summed E-state index contributed by atoms with van der Waals surface area (Å²) < 4.78 is 0. The average Bonchev–Trinajstić information content (AvgIpc) is 3.37. The van der Waals surface area contributed by atoms with Crippen LogP contribution in [0.5, 0.6) is 0 Å². The van der Waals surface area contributed by atoms with Crippen LogP contribution in [0.1, 0.15) is 27.0 Å². The lowest BCUT2D eigenvalue weighted by atomic mass is 10.2. The number of hydrogen-bond donors (Lipinski definition) is 3. The number of carbonyl (C=O) groups excluding carboxylic acids is 2. The largest absolute Gasteiger partial charge is 0.383 e. The predicted octanol–water partition coefficient (Wildman–Crippen LogP) is 3.48. The van der Waals surface area contributed by atoms with Crippen molar-refractivity contribution >= 4 is 46.1 Å². The Morgan fingerprint density at radius 3 is 2.37 bits per heavy atom. The van der Waals surface area contributed by atoms with Gasteiger partial charge < -0.3 is 15.7 Å². The minimum Gasteiger partial charge on any atom is -0.383 e. The maximum atomic E-state index is 11.9. The molecule has 3 aromatic rings. The number of hydrogen-bond acceptors (Lipinski definition) is 5. The lowest BCUT2D eigenvalue weighted by molar-refractivity contribution is -0.139. The number of aliphatic hydroxyl groups is 1. The molecule has 0 aliphatic heterocycles. The summed E-state index contributed by atoms with van der Waals surface area (Å²) in [6.45, 7) is 0.480. The van der Waals surface area contributed by atoms with Gasteiger partial charge in [-0.1, -0.05) is 23.7 Å². The monoisotopic (exact) mass is 420 g/mol. The summed E-state index contributed by atoms with van der Waals surface area (Å²) in [5.74, 6) is -1.39. The van der Waals surface area contributed by atoms with Crippen molar-refractivity contribution in [2.24, 2.45) is 0 Å². The van der Waals surface area contributed by atoms with Crippen LogP contribution in [0.25, 0.3) is 0 Å². The van der Waals surface area contributed by atoms with Crippen molar-refractivity contribution in [3.05, 3.63) is 79.1 Å². The lowest BCUT2D eigenvalue weighted by Gasteiger charge is -2.07. The van der Waals surface area contributed by atoms with E-state index in [1.807, 2.05) is 29.0 Å². The fourth-order valence-electron chi connectivity index (χ4n) is 2.34. The van der Waals surface area contributed by atoms with E-state index >= 15 is 0 Å². The maximum absolute atomic E-state index is 11.9. The molecule has 0 aliphatic carbocycles. The van der Waals surface area contributed by atoms with E-state index in [9.17, 15) is 14.7 Å². The number of halogens is 1. The molecule has 0 fully saturated rings. The topological polar surface area (TPSA) is 78.4 Å². The van der Waals surface area contributed by atoms with Crippen molar-refractivity contribution in [3.63, 3.8) is 0 Å². The molecule has 0 spiro atoms. The molecule has 0 saturated heterocycles. The fraction of sp³-hybridized carbons (Fsp3) is 0.158. The van der Waals surface area contributed by atoms with Gasteiger partial charge in [-0.15, -0.1) is 11.3 Å². The van der Waals surface area contributed by atoms with Gasteiger partial charge in [0.15, 0.2) is 0 Å². The zero-order valence-electron chi connectivity index (χ0n) is 14.1. The van der Waals surface area contributed by atoms with Crippen LogP contribution < -0.4 is 10.6 Å². The third-order valence-corrected chi connectivity index (χ3v) is 5.90. The van der Waals surface area contributed by atoms with Crippen LogP contribution in [-0.4, -0.2) is 16.9 Å². The van der Waals surface area contributed by atoms with E-state index in [2.05, 4.69) is 10.6 Å². The second kappa shape index (κ2) is 9.14. The molecular formula is C19H17ClN2O3S2. The summed E-state index contributed by atoms with van der Waals surface area (Å²) in [4.78, 5) is 25.5. The SMILES string of the molecule is O=C(NCc1ccc(Cl)cc1)C(=O)NCc1ccc(C(O)c2ccsc2)s1. The van der Waals surface area contributed by atoms with Gasteiger partial charge >= 0.3 is 11.8 Å². The molecule has 8 heteroatoms. The van der Waals surface area contributed by atoms with Crippen molar-refractivity contribution in [3.8, 4) is 0 Å². The maximum Gasteiger partial charge on any atom is 0.309 e. The third-order valence-electron chi connectivity index (χ3n) is 3.81. The molecule has 2 heterocycles. The Labute approximate surface area is 169 Å². The molecule has 3 rings (SSSR count). The second-order valence-electron chi connectivity index (χ2n) is 5.76. The molecule has 2 aromatic heterocycles. The third kappa shape index (κ3) is 5.40. The molecular weight excluding hydrogens is 404 g/mol. The molecule has 1 atom stereocenters. The minimum atomic E-state index is -0.697. The van der Waals surface area contributed by atoms with Crippen molar-refractivity contribution in [1.29, 1.82) is 0 Å². The highest BCUT2D eigenvalue weighted by Gasteiger charge is 2.16. The summed E-state index contributed by atoms with van der Waals surface area (Å²) >= 11 is 8.74. The summed E-state index contributed by atoms with van der Waals surface area (Å²) in [7, 11) is 0. The van der Waals surface area contributed by atoms with E-state index in [1.54, 1.807) is 24.3 Å². The summed E-state index contributed by atoms with van der Waals surface area (Å²) in [5, 5.41) is 19.9. The fourth-order valence-corrected chi connectivity index (χ4v) is 4.12. The Morgan fingerprint density at radius 2 is 1.70 bits per heavy atom. The van der Waals surface area contributed by atoms with Crippen molar-refractivity contribution < 1.29 is 14.7 Å². The number of carbonyl (C=O) groups is 2. The Morgan fingerprint density at radius 1 is 1.00 bits per heavy atom.